The third kappa shape index (κ3) is 2.86. The van der Waals surface area contributed by atoms with Gasteiger partial charge in [0, 0.05) is 11.5 Å². The Labute approximate surface area is 160 Å². The number of aliphatic hydroxyl groups excluding tert-OH is 2. The number of ether oxygens (including phenoxy) is 1. The molecule has 1 heterocycles. The topological polar surface area (TPSA) is 62.2 Å². The van der Waals surface area contributed by atoms with Gasteiger partial charge in [0.2, 0.25) is 0 Å². The molecule has 1 unspecified atom stereocenters. The molecule has 1 aliphatic heterocycles. The van der Waals surface area contributed by atoms with E-state index in [-0.39, 0.29) is 23.2 Å². The summed E-state index contributed by atoms with van der Waals surface area (Å²) < 4.78 is 12.9. The molecule has 5 heteroatoms. The summed E-state index contributed by atoms with van der Waals surface area (Å²) in [5, 5.41) is 20.3. The average Bonchev–Trinajstić information content (AvgIpc) is 3.19. The van der Waals surface area contributed by atoms with Crippen molar-refractivity contribution in [2.75, 3.05) is 6.61 Å². The third-order valence-electron chi connectivity index (χ3n) is 8.28. The Balaban J connectivity index is 1.77. The van der Waals surface area contributed by atoms with Crippen LogP contribution in [-0.2, 0) is 9.16 Å². The molecule has 2 aliphatic carbocycles. The monoisotopic (exact) mass is 382 g/mol. The first-order chi connectivity index (χ1) is 11.8. The van der Waals surface area contributed by atoms with E-state index < -0.39 is 20.0 Å². The number of hydrogen-bond acceptors (Lipinski definition) is 4. The summed E-state index contributed by atoms with van der Waals surface area (Å²) in [6.45, 7) is 19.8. The predicted molar refractivity (Wildman–Crippen MR) is 107 cm³/mol. The van der Waals surface area contributed by atoms with Gasteiger partial charge in [0.15, 0.2) is 8.32 Å². The van der Waals surface area contributed by atoms with E-state index in [0.29, 0.717) is 23.5 Å². The molecule has 150 valence electrons. The fourth-order valence-electron chi connectivity index (χ4n) is 5.31. The fourth-order valence-corrected chi connectivity index (χ4v) is 6.69. The highest BCUT2D eigenvalue weighted by molar-refractivity contribution is 6.74. The van der Waals surface area contributed by atoms with E-state index in [0.717, 1.165) is 19.3 Å². The lowest BCUT2D eigenvalue weighted by atomic mass is 9.62. The van der Waals surface area contributed by atoms with E-state index in [1.165, 1.54) is 0 Å². The quantitative estimate of drug-likeness (QED) is 0.430. The first kappa shape index (κ1) is 20.5. The van der Waals surface area contributed by atoms with Crippen molar-refractivity contribution in [3.63, 3.8) is 0 Å². The van der Waals surface area contributed by atoms with Gasteiger partial charge in [0.05, 0.1) is 12.7 Å². The highest BCUT2D eigenvalue weighted by Gasteiger charge is 2.77. The summed E-state index contributed by atoms with van der Waals surface area (Å²) in [6.07, 6.45) is 2.56. The van der Waals surface area contributed by atoms with Gasteiger partial charge in [0.1, 0.15) is 11.7 Å². The molecule has 3 fully saturated rings. The van der Waals surface area contributed by atoms with E-state index in [9.17, 15) is 10.2 Å². The number of rotatable bonds is 5. The molecule has 3 rings (SSSR count). The number of fused-ring (bicyclic) bond motifs is 3. The van der Waals surface area contributed by atoms with Crippen molar-refractivity contribution in [2.45, 2.75) is 95.9 Å². The second kappa shape index (κ2) is 6.15. The van der Waals surface area contributed by atoms with Crippen molar-refractivity contribution in [3.05, 3.63) is 12.2 Å². The van der Waals surface area contributed by atoms with Gasteiger partial charge >= 0.3 is 0 Å². The summed E-state index contributed by atoms with van der Waals surface area (Å²) in [6, 6.07) is 0. The third-order valence-corrected chi connectivity index (χ3v) is 12.8. The Hall–Kier alpha value is -0.203. The predicted octanol–water partition coefficient (Wildman–Crippen LogP) is 3.88. The van der Waals surface area contributed by atoms with E-state index in [2.05, 4.69) is 54.3 Å². The van der Waals surface area contributed by atoms with Crippen LogP contribution in [0.3, 0.4) is 0 Å². The van der Waals surface area contributed by atoms with Crippen LogP contribution in [0.4, 0.5) is 0 Å². The summed E-state index contributed by atoms with van der Waals surface area (Å²) in [7, 11) is -1.79. The SMILES string of the molecule is C=C(CO)C(O)[C@]12C[C@@H]3C[C@@H](O[Si](C)(C)C(C)(C)C)C[C@@H](C)[C@]3(C)[C@H]1O2. The average molecular weight is 383 g/mol. The highest BCUT2D eigenvalue weighted by Crippen LogP contribution is 2.70. The maximum atomic E-state index is 10.7. The van der Waals surface area contributed by atoms with Gasteiger partial charge in [-0.15, -0.1) is 0 Å². The molecule has 0 aromatic carbocycles. The second-order valence-corrected chi connectivity index (χ2v) is 15.6. The number of aliphatic hydroxyl groups is 2. The van der Waals surface area contributed by atoms with Crippen LogP contribution in [-0.4, -0.2) is 49.1 Å². The molecule has 4 nitrogen and oxygen atoms in total. The van der Waals surface area contributed by atoms with E-state index >= 15 is 0 Å². The lowest BCUT2D eigenvalue weighted by Crippen LogP contribution is -2.49. The highest BCUT2D eigenvalue weighted by atomic mass is 28.4. The van der Waals surface area contributed by atoms with Gasteiger partial charge < -0.3 is 19.4 Å². The molecule has 0 radical (unpaired) electrons. The minimum atomic E-state index is -1.79. The minimum absolute atomic E-state index is 0.0714. The van der Waals surface area contributed by atoms with Crippen LogP contribution in [0.2, 0.25) is 18.1 Å². The van der Waals surface area contributed by atoms with Crippen LogP contribution < -0.4 is 0 Å². The summed E-state index contributed by atoms with van der Waals surface area (Å²) in [5.41, 5.74) is 0.0140. The first-order valence-corrected chi connectivity index (χ1v) is 13.0. The molecule has 7 atom stereocenters. The standard InChI is InChI=1S/C21H38O4Si/c1-13(12-22)17(23)21-11-15-10-16(25-26(7,8)19(3,4)5)9-14(2)20(15,6)18(21)24-21/h14-18,22-23H,1,9-12H2,2-8H3/t14-,15+,16+,17?,18-,20+,21-/m1/s1. The van der Waals surface area contributed by atoms with Gasteiger partial charge in [-0.1, -0.05) is 41.2 Å². The van der Waals surface area contributed by atoms with E-state index in [4.69, 9.17) is 9.16 Å². The summed E-state index contributed by atoms with van der Waals surface area (Å²) in [5.74, 6) is 0.973. The van der Waals surface area contributed by atoms with Gasteiger partial charge in [-0.2, -0.15) is 0 Å². The van der Waals surface area contributed by atoms with Crippen LogP contribution >= 0.6 is 0 Å². The lowest BCUT2D eigenvalue weighted by molar-refractivity contribution is -0.0469. The van der Waals surface area contributed by atoms with Crippen LogP contribution in [0.1, 0.15) is 53.9 Å². The molecule has 0 spiro atoms. The van der Waals surface area contributed by atoms with Gasteiger partial charge in [-0.3, -0.25) is 0 Å². The molecular weight excluding hydrogens is 344 g/mol. The van der Waals surface area contributed by atoms with Crippen molar-refractivity contribution in [2.24, 2.45) is 17.3 Å². The van der Waals surface area contributed by atoms with E-state index in [1.807, 2.05) is 0 Å². The number of hydrogen-bond donors (Lipinski definition) is 2. The Bertz CT molecular complexity index is 583. The van der Waals surface area contributed by atoms with E-state index in [1.54, 1.807) is 0 Å². The Morgan fingerprint density at radius 3 is 2.50 bits per heavy atom. The molecule has 1 saturated heterocycles. The molecule has 2 N–H and O–H groups in total. The smallest absolute Gasteiger partial charge is 0.192 e. The van der Waals surface area contributed by atoms with Crippen LogP contribution in [0.5, 0.6) is 0 Å². The molecule has 0 amide bonds. The van der Waals surface area contributed by atoms with Gasteiger partial charge in [-0.25, -0.2) is 0 Å². The molecule has 2 saturated carbocycles. The zero-order valence-electron chi connectivity index (χ0n) is 17.6. The molecular formula is C21H38O4Si. The molecule has 0 aromatic rings. The lowest BCUT2D eigenvalue weighted by Gasteiger charge is -2.49. The molecule has 26 heavy (non-hydrogen) atoms. The first-order valence-electron chi connectivity index (χ1n) is 10.1. The molecule has 0 bridgehead atoms. The van der Waals surface area contributed by atoms with Crippen molar-refractivity contribution in [3.8, 4) is 0 Å². The maximum Gasteiger partial charge on any atom is 0.192 e. The van der Waals surface area contributed by atoms with Crippen molar-refractivity contribution < 1.29 is 19.4 Å². The second-order valence-electron chi connectivity index (χ2n) is 10.8. The van der Waals surface area contributed by atoms with Gasteiger partial charge in [-0.05, 0) is 54.8 Å². The van der Waals surface area contributed by atoms with Crippen molar-refractivity contribution in [1.82, 2.24) is 0 Å². The maximum absolute atomic E-state index is 10.7. The van der Waals surface area contributed by atoms with Gasteiger partial charge in [0.25, 0.3) is 0 Å². The Morgan fingerprint density at radius 2 is 1.96 bits per heavy atom. The Kier molecular flexibility index (Phi) is 4.85. The number of epoxide rings is 1. The fraction of sp³-hybridized carbons (Fsp3) is 0.905. The largest absolute Gasteiger partial charge is 0.414 e. The van der Waals surface area contributed by atoms with Crippen molar-refractivity contribution >= 4 is 8.32 Å². The molecule has 3 aliphatic rings. The normalized spacial score (nSPS) is 43.6. The summed E-state index contributed by atoms with van der Waals surface area (Å²) >= 11 is 0. The summed E-state index contributed by atoms with van der Waals surface area (Å²) in [4.78, 5) is 0. The zero-order valence-corrected chi connectivity index (χ0v) is 18.6. The van der Waals surface area contributed by atoms with Crippen LogP contribution in [0.25, 0.3) is 0 Å². The minimum Gasteiger partial charge on any atom is -0.414 e. The molecule has 0 aromatic heterocycles. The zero-order chi connectivity index (χ0) is 19.7. The van der Waals surface area contributed by atoms with Crippen LogP contribution in [0, 0.1) is 17.3 Å². The van der Waals surface area contributed by atoms with Crippen molar-refractivity contribution in [1.29, 1.82) is 0 Å². The Morgan fingerprint density at radius 1 is 1.35 bits per heavy atom. The van der Waals surface area contributed by atoms with Crippen LogP contribution in [0.15, 0.2) is 12.2 Å².